The molecule has 26 heavy (non-hydrogen) atoms. The molecule has 4 nitrogen and oxygen atoms in total. The van der Waals surface area contributed by atoms with Crippen molar-refractivity contribution in [2.45, 2.75) is 27.2 Å². The van der Waals surface area contributed by atoms with Gasteiger partial charge in [-0.05, 0) is 49.6 Å². The monoisotopic (exact) mass is 348 g/mol. The highest BCUT2D eigenvalue weighted by molar-refractivity contribution is 6.05. The van der Waals surface area contributed by atoms with Gasteiger partial charge in [0.15, 0.2) is 0 Å². The van der Waals surface area contributed by atoms with E-state index in [4.69, 9.17) is 13.6 Å². The molecular formula is C22H20O4. The Hall–Kier alpha value is -3.01. The van der Waals surface area contributed by atoms with Crippen LogP contribution in [0.15, 0.2) is 50.2 Å². The average molecular weight is 348 g/mol. The van der Waals surface area contributed by atoms with Gasteiger partial charge in [-0.1, -0.05) is 19.1 Å². The number of methoxy groups -OCH3 is 1. The van der Waals surface area contributed by atoms with Crippen molar-refractivity contribution in [2.24, 2.45) is 0 Å². The van der Waals surface area contributed by atoms with E-state index in [9.17, 15) is 4.79 Å². The first-order chi connectivity index (χ1) is 12.5. The van der Waals surface area contributed by atoms with Crippen molar-refractivity contribution in [1.82, 2.24) is 0 Å². The van der Waals surface area contributed by atoms with Crippen molar-refractivity contribution in [3.63, 3.8) is 0 Å². The molecule has 2 aromatic carbocycles. The molecule has 0 aliphatic heterocycles. The van der Waals surface area contributed by atoms with Crippen molar-refractivity contribution in [3.8, 4) is 16.9 Å². The molecule has 0 saturated heterocycles. The Bertz CT molecular complexity index is 1190. The highest BCUT2D eigenvalue weighted by Crippen LogP contribution is 2.38. The lowest BCUT2D eigenvalue weighted by Crippen LogP contribution is -2.09. The van der Waals surface area contributed by atoms with Gasteiger partial charge in [-0.3, -0.25) is 0 Å². The van der Waals surface area contributed by atoms with Crippen LogP contribution in [0, 0.1) is 13.8 Å². The summed E-state index contributed by atoms with van der Waals surface area (Å²) in [6, 6.07) is 9.95. The number of fused-ring (bicyclic) bond motifs is 2. The summed E-state index contributed by atoms with van der Waals surface area (Å²) in [5.74, 6) is 0.796. The minimum absolute atomic E-state index is 0.264. The maximum atomic E-state index is 12.3. The predicted molar refractivity (Wildman–Crippen MR) is 103 cm³/mol. The van der Waals surface area contributed by atoms with Crippen LogP contribution in [0.1, 0.15) is 23.6 Å². The van der Waals surface area contributed by atoms with Crippen LogP contribution in [0.5, 0.6) is 5.75 Å². The normalized spacial score (nSPS) is 11.4. The lowest BCUT2D eigenvalue weighted by atomic mass is 9.97. The number of rotatable bonds is 3. The van der Waals surface area contributed by atoms with Crippen LogP contribution in [0.25, 0.3) is 33.1 Å². The SMILES string of the molecule is CCc1c(C)c2cc3c(-c4cccc(OC)c4)coc3c(C)c2oc1=O. The number of furan rings is 1. The molecular weight excluding hydrogens is 328 g/mol. The van der Waals surface area contributed by atoms with E-state index in [0.29, 0.717) is 12.0 Å². The van der Waals surface area contributed by atoms with Gasteiger partial charge < -0.3 is 13.6 Å². The van der Waals surface area contributed by atoms with E-state index in [-0.39, 0.29) is 5.63 Å². The van der Waals surface area contributed by atoms with Gasteiger partial charge in [-0.25, -0.2) is 4.79 Å². The van der Waals surface area contributed by atoms with E-state index in [2.05, 4.69) is 6.07 Å². The second-order valence-corrected chi connectivity index (χ2v) is 6.48. The number of hydrogen-bond donors (Lipinski definition) is 0. The van der Waals surface area contributed by atoms with Gasteiger partial charge in [0.2, 0.25) is 0 Å². The van der Waals surface area contributed by atoms with Crippen molar-refractivity contribution >= 4 is 21.9 Å². The molecule has 0 amide bonds. The van der Waals surface area contributed by atoms with Gasteiger partial charge in [0, 0.05) is 27.5 Å². The highest BCUT2D eigenvalue weighted by atomic mass is 16.5. The van der Waals surface area contributed by atoms with E-state index >= 15 is 0 Å². The first-order valence-corrected chi connectivity index (χ1v) is 8.66. The molecule has 0 atom stereocenters. The van der Waals surface area contributed by atoms with Gasteiger partial charge in [-0.15, -0.1) is 0 Å². The third-order valence-electron chi connectivity index (χ3n) is 5.08. The predicted octanol–water partition coefficient (Wildman–Crippen LogP) is 5.39. The fourth-order valence-corrected chi connectivity index (χ4v) is 3.62. The largest absolute Gasteiger partial charge is 0.497 e. The molecule has 0 fully saturated rings. The van der Waals surface area contributed by atoms with Gasteiger partial charge in [0.1, 0.15) is 16.9 Å². The van der Waals surface area contributed by atoms with Gasteiger partial charge in [-0.2, -0.15) is 0 Å². The molecule has 0 aliphatic carbocycles. The minimum atomic E-state index is -0.264. The minimum Gasteiger partial charge on any atom is -0.497 e. The van der Waals surface area contributed by atoms with Crippen LogP contribution in [0.3, 0.4) is 0 Å². The van der Waals surface area contributed by atoms with Gasteiger partial charge in [0.05, 0.1) is 13.4 Å². The third kappa shape index (κ3) is 2.33. The molecule has 0 unspecified atom stereocenters. The quantitative estimate of drug-likeness (QED) is 0.466. The van der Waals surface area contributed by atoms with Crippen LogP contribution in [-0.4, -0.2) is 7.11 Å². The Morgan fingerprint density at radius 3 is 2.58 bits per heavy atom. The molecule has 0 saturated carbocycles. The number of hydrogen-bond acceptors (Lipinski definition) is 4. The molecule has 0 N–H and O–H groups in total. The smallest absolute Gasteiger partial charge is 0.339 e. The maximum Gasteiger partial charge on any atom is 0.339 e. The van der Waals surface area contributed by atoms with Crippen LogP contribution >= 0.6 is 0 Å². The molecule has 4 aromatic rings. The topological polar surface area (TPSA) is 52.6 Å². The molecule has 0 aliphatic rings. The molecule has 2 aromatic heterocycles. The second kappa shape index (κ2) is 6.06. The van der Waals surface area contributed by atoms with E-state index in [1.807, 2.05) is 45.0 Å². The summed E-state index contributed by atoms with van der Waals surface area (Å²) in [6.07, 6.45) is 2.40. The average Bonchev–Trinajstić information content (AvgIpc) is 3.08. The summed E-state index contributed by atoms with van der Waals surface area (Å²) in [4.78, 5) is 12.3. The Labute approximate surface area is 151 Å². The summed E-state index contributed by atoms with van der Waals surface area (Å²) in [6.45, 7) is 5.88. The Morgan fingerprint density at radius 2 is 1.85 bits per heavy atom. The van der Waals surface area contributed by atoms with Crippen molar-refractivity contribution in [1.29, 1.82) is 0 Å². The molecule has 4 rings (SSSR count). The highest BCUT2D eigenvalue weighted by Gasteiger charge is 2.18. The standard InChI is InChI=1S/C22H20O4/c1-5-16-12(2)17-10-18-19(14-7-6-8-15(9-14)24-4)11-25-20(18)13(3)21(17)26-22(16)23/h6-11H,5H2,1-4H3. The molecule has 0 spiro atoms. The molecule has 132 valence electrons. The Morgan fingerprint density at radius 1 is 1.04 bits per heavy atom. The number of benzene rings is 2. The summed E-state index contributed by atoms with van der Waals surface area (Å²) in [5, 5.41) is 1.96. The first kappa shape index (κ1) is 16.5. The van der Waals surface area contributed by atoms with E-state index in [1.54, 1.807) is 13.4 Å². The zero-order chi connectivity index (χ0) is 18.4. The van der Waals surface area contributed by atoms with Gasteiger partial charge >= 0.3 is 5.63 Å². The Kier molecular flexibility index (Phi) is 3.83. The Balaban J connectivity index is 2.08. The van der Waals surface area contributed by atoms with E-state index in [1.165, 1.54) is 0 Å². The van der Waals surface area contributed by atoms with Crippen molar-refractivity contribution < 1.29 is 13.6 Å². The molecule has 0 bridgehead atoms. The van der Waals surface area contributed by atoms with E-state index < -0.39 is 0 Å². The van der Waals surface area contributed by atoms with Crippen LogP contribution in [-0.2, 0) is 6.42 Å². The first-order valence-electron chi connectivity index (χ1n) is 8.66. The summed E-state index contributed by atoms with van der Waals surface area (Å²) in [7, 11) is 1.65. The second-order valence-electron chi connectivity index (χ2n) is 6.48. The lowest BCUT2D eigenvalue weighted by molar-refractivity contribution is 0.415. The molecule has 0 radical (unpaired) electrons. The molecule has 4 heteroatoms. The summed E-state index contributed by atoms with van der Waals surface area (Å²) >= 11 is 0. The van der Waals surface area contributed by atoms with Crippen molar-refractivity contribution in [3.05, 3.63) is 63.7 Å². The van der Waals surface area contributed by atoms with Crippen LogP contribution in [0.2, 0.25) is 0 Å². The van der Waals surface area contributed by atoms with Crippen molar-refractivity contribution in [2.75, 3.05) is 7.11 Å². The zero-order valence-corrected chi connectivity index (χ0v) is 15.3. The van der Waals surface area contributed by atoms with Crippen LogP contribution in [0.4, 0.5) is 0 Å². The third-order valence-corrected chi connectivity index (χ3v) is 5.08. The van der Waals surface area contributed by atoms with E-state index in [0.717, 1.165) is 49.9 Å². The lowest BCUT2D eigenvalue weighted by Gasteiger charge is -2.09. The zero-order valence-electron chi connectivity index (χ0n) is 15.3. The fraction of sp³-hybridized carbons (Fsp3) is 0.227. The number of ether oxygens (including phenoxy) is 1. The number of aryl methyl sites for hydroxylation is 2. The van der Waals surface area contributed by atoms with Crippen LogP contribution < -0.4 is 10.4 Å². The summed E-state index contributed by atoms with van der Waals surface area (Å²) in [5.41, 5.74) is 5.63. The fourth-order valence-electron chi connectivity index (χ4n) is 3.62. The summed E-state index contributed by atoms with van der Waals surface area (Å²) < 4.78 is 16.8. The van der Waals surface area contributed by atoms with Gasteiger partial charge in [0.25, 0.3) is 0 Å². The molecule has 2 heterocycles. The maximum absolute atomic E-state index is 12.3.